The van der Waals surface area contributed by atoms with E-state index >= 15 is 0 Å². The van der Waals surface area contributed by atoms with E-state index in [1.807, 2.05) is 12.1 Å². The first-order chi connectivity index (χ1) is 9.24. The summed E-state index contributed by atoms with van der Waals surface area (Å²) in [6.07, 6.45) is 2.67. The normalized spacial score (nSPS) is 18.1. The molecular formula is C16H25NO2. The second-order valence-corrected chi connectivity index (χ2v) is 5.56. The van der Waals surface area contributed by atoms with Crippen LogP contribution in [-0.4, -0.2) is 27.4 Å². The maximum atomic E-state index is 5.22. The molecule has 1 aliphatic rings. The van der Waals surface area contributed by atoms with E-state index in [1.54, 1.807) is 14.2 Å². The molecule has 0 bridgehead atoms. The van der Waals surface area contributed by atoms with Crippen LogP contribution in [0.4, 0.5) is 0 Å². The Morgan fingerprint density at radius 3 is 2.42 bits per heavy atom. The van der Waals surface area contributed by atoms with Gasteiger partial charge in [-0.25, -0.2) is 0 Å². The molecule has 0 amide bonds. The first kappa shape index (κ1) is 14.4. The molecule has 0 saturated heterocycles. The number of hydrogen-bond donors (Lipinski definition) is 1. The van der Waals surface area contributed by atoms with Crippen LogP contribution in [0, 0.1) is 11.8 Å². The van der Waals surface area contributed by atoms with Gasteiger partial charge in [0.2, 0.25) is 0 Å². The lowest BCUT2D eigenvalue weighted by Gasteiger charge is -2.21. The Labute approximate surface area is 116 Å². The third kappa shape index (κ3) is 4.22. The third-order valence-electron chi connectivity index (χ3n) is 3.71. The van der Waals surface area contributed by atoms with Crippen LogP contribution in [0.15, 0.2) is 24.3 Å². The van der Waals surface area contributed by atoms with Gasteiger partial charge in [-0.3, -0.25) is 0 Å². The van der Waals surface area contributed by atoms with Gasteiger partial charge in [0.25, 0.3) is 0 Å². The van der Waals surface area contributed by atoms with Crippen molar-refractivity contribution in [2.45, 2.75) is 25.8 Å². The van der Waals surface area contributed by atoms with Gasteiger partial charge in [0.15, 0.2) is 0 Å². The first-order valence-corrected chi connectivity index (χ1v) is 7.11. The quantitative estimate of drug-likeness (QED) is 0.782. The van der Waals surface area contributed by atoms with E-state index in [-0.39, 0.29) is 0 Å². The molecular weight excluding hydrogens is 238 g/mol. The predicted octanol–water partition coefficient (Wildman–Crippen LogP) is 3.02. The maximum Gasteiger partial charge on any atom is 0.118 e. The van der Waals surface area contributed by atoms with Crippen LogP contribution in [-0.2, 0) is 4.74 Å². The van der Waals surface area contributed by atoms with Gasteiger partial charge in [0.1, 0.15) is 5.75 Å². The van der Waals surface area contributed by atoms with Crippen molar-refractivity contribution in [1.82, 2.24) is 5.32 Å². The molecule has 1 N–H and O–H groups in total. The van der Waals surface area contributed by atoms with Gasteiger partial charge < -0.3 is 14.8 Å². The summed E-state index contributed by atoms with van der Waals surface area (Å²) in [5.74, 6) is 2.26. The molecule has 3 heteroatoms. The monoisotopic (exact) mass is 263 g/mol. The topological polar surface area (TPSA) is 30.5 Å². The van der Waals surface area contributed by atoms with E-state index in [9.17, 15) is 0 Å². The van der Waals surface area contributed by atoms with Gasteiger partial charge in [-0.15, -0.1) is 0 Å². The van der Waals surface area contributed by atoms with Gasteiger partial charge in [0, 0.05) is 26.3 Å². The molecule has 106 valence electrons. The van der Waals surface area contributed by atoms with Crippen LogP contribution in [0.2, 0.25) is 0 Å². The van der Waals surface area contributed by atoms with E-state index in [0.29, 0.717) is 12.0 Å². The number of nitrogens with one attached hydrogen (secondary N) is 1. The fourth-order valence-electron chi connectivity index (χ4n) is 2.47. The lowest BCUT2D eigenvalue weighted by molar-refractivity contribution is 0.156. The van der Waals surface area contributed by atoms with Crippen LogP contribution in [0.1, 0.15) is 31.4 Å². The van der Waals surface area contributed by atoms with Gasteiger partial charge in [-0.1, -0.05) is 19.1 Å². The lowest BCUT2D eigenvalue weighted by Crippen LogP contribution is -2.29. The second kappa shape index (κ2) is 6.92. The minimum absolute atomic E-state index is 0.477. The van der Waals surface area contributed by atoms with Crippen molar-refractivity contribution < 1.29 is 9.47 Å². The largest absolute Gasteiger partial charge is 0.497 e. The highest BCUT2D eigenvalue weighted by Crippen LogP contribution is 2.41. The molecule has 1 saturated carbocycles. The first-order valence-electron chi connectivity index (χ1n) is 7.11. The van der Waals surface area contributed by atoms with Crippen LogP contribution in [0.25, 0.3) is 0 Å². The number of methoxy groups -OCH3 is 2. The zero-order valence-electron chi connectivity index (χ0n) is 12.2. The number of hydrogen-bond acceptors (Lipinski definition) is 3. The summed E-state index contributed by atoms with van der Waals surface area (Å²) in [5.41, 5.74) is 1.37. The summed E-state index contributed by atoms with van der Waals surface area (Å²) >= 11 is 0. The maximum absolute atomic E-state index is 5.22. The van der Waals surface area contributed by atoms with Gasteiger partial charge in [-0.2, -0.15) is 0 Å². The summed E-state index contributed by atoms with van der Waals surface area (Å²) in [5, 5.41) is 3.70. The predicted molar refractivity (Wildman–Crippen MR) is 77.5 cm³/mol. The molecule has 2 unspecified atom stereocenters. The lowest BCUT2D eigenvalue weighted by atomic mass is 10.0. The molecule has 2 rings (SSSR count). The number of rotatable bonds is 8. The number of benzene rings is 1. The standard InChI is InChI=1S/C16H25NO2/c1-12(11-18-2)10-17-16(13-4-5-13)14-6-8-15(19-3)9-7-14/h6-9,12-13,16-17H,4-5,10-11H2,1-3H3. The van der Waals surface area contributed by atoms with E-state index in [4.69, 9.17) is 9.47 Å². The van der Waals surface area contributed by atoms with E-state index in [2.05, 4.69) is 24.4 Å². The van der Waals surface area contributed by atoms with Crippen LogP contribution in [0.3, 0.4) is 0 Å². The second-order valence-electron chi connectivity index (χ2n) is 5.56. The van der Waals surface area contributed by atoms with Gasteiger partial charge >= 0.3 is 0 Å². The zero-order valence-corrected chi connectivity index (χ0v) is 12.2. The molecule has 1 aliphatic carbocycles. The molecule has 1 aromatic carbocycles. The minimum Gasteiger partial charge on any atom is -0.497 e. The zero-order chi connectivity index (χ0) is 13.7. The molecule has 0 aromatic heterocycles. The Balaban J connectivity index is 1.95. The molecule has 0 aliphatic heterocycles. The van der Waals surface area contributed by atoms with Crippen molar-refractivity contribution in [1.29, 1.82) is 0 Å². The Hall–Kier alpha value is -1.06. The Kier molecular flexibility index (Phi) is 5.23. The smallest absolute Gasteiger partial charge is 0.118 e. The van der Waals surface area contributed by atoms with Crippen LogP contribution in [0.5, 0.6) is 5.75 Å². The summed E-state index contributed by atoms with van der Waals surface area (Å²) in [7, 11) is 3.47. The van der Waals surface area contributed by atoms with Crippen LogP contribution >= 0.6 is 0 Å². The van der Waals surface area contributed by atoms with Crippen molar-refractivity contribution in [2.75, 3.05) is 27.4 Å². The van der Waals surface area contributed by atoms with E-state index in [1.165, 1.54) is 18.4 Å². The Bertz CT molecular complexity index is 373. The fraction of sp³-hybridized carbons (Fsp3) is 0.625. The van der Waals surface area contributed by atoms with E-state index < -0.39 is 0 Å². The van der Waals surface area contributed by atoms with E-state index in [0.717, 1.165) is 24.8 Å². The van der Waals surface area contributed by atoms with Crippen molar-refractivity contribution in [3.05, 3.63) is 29.8 Å². The highest BCUT2D eigenvalue weighted by molar-refractivity contribution is 5.30. The molecule has 0 radical (unpaired) electrons. The van der Waals surface area contributed by atoms with Crippen molar-refractivity contribution in [2.24, 2.45) is 11.8 Å². The summed E-state index contributed by atoms with van der Waals surface area (Å²) in [6.45, 7) is 4.03. The fourth-order valence-corrected chi connectivity index (χ4v) is 2.47. The molecule has 2 atom stereocenters. The van der Waals surface area contributed by atoms with Gasteiger partial charge in [-0.05, 0) is 42.4 Å². The van der Waals surface area contributed by atoms with Gasteiger partial charge in [0.05, 0.1) is 7.11 Å². The van der Waals surface area contributed by atoms with Crippen molar-refractivity contribution >= 4 is 0 Å². The Morgan fingerprint density at radius 1 is 1.21 bits per heavy atom. The highest BCUT2D eigenvalue weighted by Gasteiger charge is 2.32. The SMILES string of the molecule is COCC(C)CNC(c1ccc(OC)cc1)C1CC1. The molecule has 0 heterocycles. The Morgan fingerprint density at radius 2 is 1.89 bits per heavy atom. The van der Waals surface area contributed by atoms with Crippen LogP contribution < -0.4 is 10.1 Å². The molecule has 3 nitrogen and oxygen atoms in total. The highest BCUT2D eigenvalue weighted by atomic mass is 16.5. The summed E-state index contributed by atoms with van der Waals surface area (Å²) < 4.78 is 10.4. The van der Waals surface area contributed by atoms with Crippen molar-refractivity contribution in [3.8, 4) is 5.75 Å². The summed E-state index contributed by atoms with van der Waals surface area (Å²) in [6, 6.07) is 8.92. The average molecular weight is 263 g/mol. The summed E-state index contributed by atoms with van der Waals surface area (Å²) in [4.78, 5) is 0. The number of ether oxygens (including phenoxy) is 2. The average Bonchev–Trinajstić information content (AvgIpc) is 3.25. The van der Waals surface area contributed by atoms with Crippen molar-refractivity contribution in [3.63, 3.8) is 0 Å². The molecule has 0 spiro atoms. The molecule has 19 heavy (non-hydrogen) atoms. The molecule has 1 aromatic rings. The molecule has 1 fully saturated rings. The third-order valence-corrected chi connectivity index (χ3v) is 3.71. The minimum atomic E-state index is 0.477.